The summed E-state index contributed by atoms with van der Waals surface area (Å²) in [5, 5.41) is 0. The number of halogens is 1. The average molecular weight is 356 g/mol. The van der Waals surface area contributed by atoms with Crippen molar-refractivity contribution in [1.82, 2.24) is 9.80 Å². The molecule has 0 aromatic heterocycles. The van der Waals surface area contributed by atoms with E-state index in [-0.39, 0.29) is 6.04 Å². The molecule has 0 radical (unpaired) electrons. The Balaban J connectivity index is 2.14. The molecule has 4 nitrogen and oxygen atoms in total. The van der Waals surface area contributed by atoms with Crippen LogP contribution in [0.2, 0.25) is 0 Å². The highest BCUT2D eigenvalue weighted by atomic mass is 79.9. The van der Waals surface area contributed by atoms with Crippen LogP contribution in [0.3, 0.4) is 0 Å². The molecule has 0 amide bonds. The van der Waals surface area contributed by atoms with Crippen LogP contribution in [0.1, 0.15) is 24.4 Å². The molecule has 1 fully saturated rings. The quantitative estimate of drug-likeness (QED) is 0.850. The van der Waals surface area contributed by atoms with Crippen molar-refractivity contribution >= 4 is 15.9 Å². The number of hydrogen-bond donors (Lipinski definition) is 1. The predicted molar refractivity (Wildman–Crippen MR) is 90.8 cm³/mol. The van der Waals surface area contributed by atoms with E-state index in [4.69, 9.17) is 10.5 Å². The molecule has 0 spiro atoms. The van der Waals surface area contributed by atoms with Gasteiger partial charge >= 0.3 is 0 Å². The maximum atomic E-state index is 6.06. The third-order valence-corrected chi connectivity index (χ3v) is 5.21. The lowest BCUT2D eigenvalue weighted by Gasteiger charge is -2.32. The topological polar surface area (TPSA) is 41.7 Å². The summed E-state index contributed by atoms with van der Waals surface area (Å²) in [6.07, 6.45) is 2.57. The van der Waals surface area contributed by atoms with Crippen molar-refractivity contribution in [3.05, 3.63) is 28.2 Å². The number of nitrogens with zero attached hydrogens (tertiary/aromatic N) is 2. The van der Waals surface area contributed by atoms with Crippen molar-refractivity contribution in [2.75, 3.05) is 40.8 Å². The zero-order chi connectivity index (χ0) is 15.4. The van der Waals surface area contributed by atoms with Crippen LogP contribution in [0, 0.1) is 0 Å². The summed E-state index contributed by atoms with van der Waals surface area (Å²) in [6.45, 7) is 2.84. The van der Waals surface area contributed by atoms with Crippen molar-refractivity contribution in [2.24, 2.45) is 5.73 Å². The fourth-order valence-electron chi connectivity index (χ4n) is 3.12. The molecule has 2 N–H and O–H groups in total. The molecule has 1 aliphatic rings. The molecular weight excluding hydrogens is 330 g/mol. The fourth-order valence-corrected chi connectivity index (χ4v) is 3.63. The Morgan fingerprint density at radius 3 is 2.86 bits per heavy atom. The van der Waals surface area contributed by atoms with Gasteiger partial charge in [0.1, 0.15) is 5.75 Å². The Bertz CT molecular complexity index is 469. The number of ether oxygens (including phenoxy) is 1. The highest BCUT2D eigenvalue weighted by molar-refractivity contribution is 9.10. The van der Waals surface area contributed by atoms with Crippen LogP contribution in [0.4, 0.5) is 0 Å². The van der Waals surface area contributed by atoms with Gasteiger partial charge in [0.15, 0.2) is 0 Å². The van der Waals surface area contributed by atoms with E-state index in [2.05, 4.69) is 45.9 Å². The third-order valence-electron chi connectivity index (χ3n) is 4.49. The second-order valence-electron chi connectivity index (χ2n) is 5.86. The van der Waals surface area contributed by atoms with Gasteiger partial charge in [0.05, 0.1) is 7.11 Å². The summed E-state index contributed by atoms with van der Waals surface area (Å²) < 4.78 is 6.43. The Morgan fingerprint density at radius 1 is 1.52 bits per heavy atom. The summed E-state index contributed by atoms with van der Waals surface area (Å²) in [5.41, 5.74) is 7.25. The van der Waals surface area contributed by atoms with E-state index in [1.807, 2.05) is 12.1 Å². The smallest absolute Gasteiger partial charge is 0.119 e. The first-order valence-electron chi connectivity index (χ1n) is 7.50. The maximum absolute atomic E-state index is 6.06. The maximum Gasteiger partial charge on any atom is 0.119 e. The lowest BCUT2D eigenvalue weighted by Crippen LogP contribution is -2.40. The monoisotopic (exact) mass is 355 g/mol. The molecule has 0 saturated carbocycles. The number of methoxy groups -OCH3 is 1. The van der Waals surface area contributed by atoms with Crippen molar-refractivity contribution in [2.45, 2.75) is 24.9 Å². The Labute approximate surface area is 136 Å². The molecule has 2 unspecified atom stereocenters. The van der Waals surface area contributed by atoms with Gasteiger partial charge in [0.2, 0.25) is 0 Å². The van der Waals surface area contributed by atoms with Gasteiger partial charge in [-0.2, -0.15) is 0 Å². The number of likely N-dealkylation sites (tertiary alicyclic amines) is 1. The second kappa shape index (κ2) is 7.58. The van der Waals surface area contributed by atoms with Gasteiger partial charge in [0.25, 0.3) is 0 Å². The van der Waals surface area contributed by atoms with Crippen LogP contribution < -0.4 is 10.5 Å². The van der Waals surface area contributed by atoms with E-state index >= 15 is 0 Å². The number of benzene rings is 1. The predicted octanol–water partition coefficient (Wildman–Crippen LogP) is 2.48. The molecule has 1 heterocycles. The number of likely N-dealkylation sites (N-methyl/N-ethyl adjacent to an activating group) is 2. The molecule has 1 aliphatic heterocycles. The first kappa shape index (κ1) is 16.7. The fraction of sp³-hybridized carbons (Fsp3) is 0.625. The summed E-state index contributed by atoms with van der Waals surface area (Å²) in [6, 6.07) is 6.91. The molecule has 5 heteroatoms. The molecular formula is C16H26BrN3O. The summed E-state index contributed by atoms with van der Waals surface area (Å²) in [5.74, 6) is 0.873. The normalized spacial score (nSPS) is 21.0. The standard InChI is InChI=1S/C16H26BrN3O/c1-19-8-4-5-12(19)11-20(2)16(10-18)14-9-13(21-3)6-7-15(14)17/h6-7,9,12,16H,4-5,8,10-11,18H2,1-3H3. The van der Waals surface area contributed by atoms with Gasteiger partial charge in [-0.1, -0.05) is 15.9 Å². The molecule has 21 heavy (non-hydrogen) atoms. The van der Waals surface area contributed by atoms with Crippen molar-refractivity contribution in [3.8, 4) is 5.75 Å². The second-order valence-corrected chi connectivity index (χ2v) is 6.71. The van der Waals surface area contributed by atoms with Gasteiger partial charge in [0, 0.05) is 29.6 Å². The minimum atomic E-state index is 0.198. The molecule has 1 aromatic rings. The van der Waals surface area contributed by atoms with Crippen LogP contribution >= 0.6 is 15.9 Å². The van der Waals surface area contributed by atoms with Gasteiger partial charge in [-0.3, -0.25) is 4.90 Å². The number of nitrogens with two attached hydrogens (primary N) is 1. The highest BCUT2D eigenvalue weighted by Crippen LogP contribution is 2.31. The zero-order valence-corrected chi connectivity index (χ0v) is 14.8. The highest BCUT2D eigenvalue weighted by Gasteiger charge is 2.26. The lowest BCUT2D eigenvalue weighted by atomic mass is 10.0. The van der Waals surface area contributed by atoms with Crippen LogP contribution in [0.5, 0.6) is 5.75 Å². The van der Waals surface area contributed by atoms with Crippen LogP contribution in [-0.4, -0.2) is 56.7 Å². The van der Waals surface area contributed by atoms with E-state index in [0.29, 0.717) is 12.6 Å². The lowest BCUT2D eigenvalue weighted by molar-refractivity contribution is 0.179. The summed E-state index contributed by atoms with van der Waals surface area (Å²) >= 11 is 3.65. The first-order chi connectivity index (χ1) is 10.1. The van der Waals surface area contributed by atoms with Crippen molar-refractivity contribution in [3.63, 3.8) is 0 Å². The zero-order valence-electron chi connectivity index (χ0n) is 13.2. The molecule has 1 aromatic carbocycles. The molecule has 118 valence electrons. The van der Waals surface area contributed by atoms with E-state index in [0.717, 1.165) is 16.8 Å². The average Bonchev–Trinajstić information content (AvgIpc) is 2.87. The number of hydrogen-bond acceptors (Lipinski definition) is 4. The Hall–Kier alpha value is -0.620. The molecule has 2 rings (SSSR count). The Kier molecular flexibility index (Phi) is 6.05. The van der Waals surface area contributed by atoms with Crippen LogP contribution in [0.15, 0.2) is 22.7 Å². The molecule has 0 aliphatic carbocycles. The van der Waals surface area contributed by atoms with Crippen molar-refractivity contribution in [1.29, 1.82) is 0 Å². The van der Waals surface area contributed by atoms with E-state index in [9.17, 15) is 0 Å². The first-order valence-corrected chi connectivity index (χ1v) is 8.30. The van der Waals surface area contributed by atoms with Crippen molar-refractivity contribution < 1.29 is 4.74 Å². The Morgan fingerprint density at radius 2 is 2.29 bits per heavy atom. The van der Waals surface area contributed by atoms with Gasteiger partial charge in [-0.15, -0.1) is 0 Å². The van der Waals surface area contributed by atoms with Gasteiger partial charge in [-0.05, 0) is 57.2 Å². The van der Waals surface area contributed by atoms with E-state index in [1.165, 1.54) is 24.9 Å². The minimum Gasteiger partial charge on any atom is -0.497 e. The molecule has 2 atom stereocenters. The molecule has 0 bridgehead atoms. The van der Waals surface area contributed by atoms with E-state index < -0.39 is 0 Å². The SMILES string of the molecule is COc1ccc(Br)c(C(CN)N(C)CC2CCCN2C)c1. The van der Waals surface area contributed by atoms with Crippen LogP contribution in [-0.2, 0) is 0 Å². The van der Waals surface area contributed by atoms with Gasteiger partial charge in [-0.25, -0.2) is 0 Å². The molecule has 1 saturated heterocycles. The summed E-state index contributed by atoms with van der Waals surface area (Å²) in [7, 11) is 6.07. The van der Waals surface area contributed by atoms with E-state index in [1.54, 1.807) is 7.11 Å². The number of rotatable bonds is 6. The largest absolute Gasteiger partial charge is 0.497 e. The summed E-state index contributed by atoms with van der Waals surface area (Å²) in [4.78, 5) is 4.82. The third kappa shape index (κ3) is 3.97. The van der Waals surface area contributed by atoms with Gasteiger partial charge < -0.3 is 15.4 Å². The van der Waals surface area contributed by atoms with Crippen LogP contribution in [0.25, 0.3) is 0 Å². The minimum absolute atomic E-state index is 0.198.